The van der Waals surface area contributed by atoms with Gasteiger partial charge in [0.15, 0.2) is 11.4 Å². The van der Waals surface area contributed by atoms with Crippen molar-refractivity contribution in [2.24, 2.45) is 0 Å². The van der Waals surface area contributed by atoms with Crippen LogP contribution in [0.3, 0.4) is 0 Å². The minimum absolute atomic E-state index is 0.171. The first kappa shape index (κ1) is 11.1. The summed E-state index contributed by atoms with van der Waals surface area (Å²) in [4.78, 5) is 0. The Morgan fingerprint density at radius 2 is 2.28 bits per heavy atom. The molecule has 3 rings (SSSR count). The second-order valence-corrected chi connectivity index (χ2v) is 5.77. The summed E-state index contributed by atoms with van der Waals surface area (Å²) < 4.78 is 35.3. The van der Waals surface area contributed by atoms with Gasteiger partial charge in [-0.15, -0.1) is 0 Å². The van der Waals surface area contributed by atoms with Gasteiger partial charge in [0.05, 0.1) is 17.3 Å². The minimum Gasteiger partial charge on any atom is -0.490 e. The number of benzene rings is 1. The van der Waals surface area contributed by atoms with Crippen molar-refractivity contribution in [1.29, 1.82) is 0 Å². The molecule has 8 heteroatoms. The zero-order valence-corrected chi connectivity index (χ0v) is 10.4. The summed E-state index contributed by atoms with van der Waals surface area (Å²) in [5.41, 5.74) is 1.31. The Morgan fingerprint density at radius 1 is 1.44 bits per heavy atom. The highest BCUT2D eigenvalue weighted by molar-refractivity contribution is 7.92. The summed E-state index contributed by atoms with van der Waals surface area (Å²) in [6, 6.07) is 3.45. The number of ether oxygens (including phenoxy) is 1. The first-order valence-electron chi connectivity index (χ1n) is 5.31. The Morgan fingerprint density at radius 3 is 3.06 bits per heavy atom. The number of hydrogen-bond donors (Lipinski definition) is 2. The van der Waals surface area contributed by atoms with E-state index >= 15 is 0 Å². The molecule has 96 valence electrons. The van der Waals surface area contributed by atoms with Gasteiger partial charge < -0.3 is 14.6 Å². The van der Waals surface area contributed by atoms with E-state index < -0.39 is 10.0 Å². The number of nitrogens with zero attached hydrogens (tertiary/aromatic N) is 1. The molecule has 1 aliphatic heterocycles. The zero-order chi connectivity index (χ0) is 12.8. The Labute approximate surface area is 103 Å². The lowest BCUT2D eigenvalue weighted by atomic mass is 10.2. The predicted molar refractivity (Wildman–Crippen MR) is 66.5 cm³/mol. The lowest BCUT2D eigenvalue weighted by molar-refractivity contribution is 0.323. The molecule has 18 heavy (non-hydrogen) atoms. The SMILES string of the molecule is CS(=O)(=O)Nc1noc2cc3c(cc12)OCCN3. The van der Waals surface area contributed by atoms with E-state index in [4.69, 9.17) is 9.26 Å². The molecule has 0 saturated carbocycles. The van der Waals surface area contributed by atoms with Gasteiger partial charge in [-0.25, -0.2) is 8.42 Å². The van der Waals surface area contributed by atoms with Gasteiger partial charge in [-0.05, 0) is 6.07 Å². The smallest absolute Gasteiger partial charge is 0.231 e. The summed E-state index contributed by atoms with van der Waals surface area (Å²) in [6.45, 7) is 1.29. The van der Waals surface area contributed by atoms with Crippen LogP contribution in [-0.2, 0) is 10.0 Å². The monoisotopic (exact) mass is 269 g/mol. The van der Waals surface area contributed by atoms with Crippen LogP contribution in [0.15, 0.2) is 16.7 Å². The minimum atomic E-state index is -3.39. The Kier molecular flexibility index (Phi) is 2.34. The highest BCUT2D eigenvalue weighted by Gasteiger charge is 2.17. The average molecular weight is 269 g/mol. The third kappa shape index (κ3) is 1.94. The van der Waals surface area contributed by atoms with Gasteiger partial charge in [0.1, 0.15) is 12.4 Å². The van der Waals surface area contributed by atoms with Crippen LogP contribution in [0.1, 0.15) is 0 Å². The van der Waals surface area contributed by atoms with Crippen LogP contribution in [-0.4, -0.2) is 33.0 Å². The number of sulfonamides is 1. The predicted octanol–water partition coefficient (Wildman–Crippen LogP) is 1.00. The van der Waals surface area contributed by atoms with E-state index in [1.807, 2.05) is 0 Å². The topological polar surface area (TPSA) is 93.5 Å². The van der Waals surface area contributed by atoms with Gasteiger partial charge >= 0.3 is 0 Å². The lowest BCUT2D eigenvalue weighted by Gasteiger charge is -2.18. The molecule has 0 radical (unpaired) electrons. The Balaban J connectivity index is 2.13. The van der Waals surface area contributed by atoms with Crippen LogP contribution >= 0.6 is 0 Å². The Bertz CT molecular complexity index is 707. The second-order valence-electron chi connectivity index (χ2n) is 4.03. The van der Waals surface area contributed by atoms with Crippen molar-refractivity contribution in [3.63, 3.8) is 0 Å². The van der Waals surface area contributed by atoms with Crippen LogP contribution in [0.2, 0.25) is 0 Å². The molecule has 0 spiro atoms. The van der Waals surface area contributed by atoms with E-state index in [1.165, 1.54) is 0 Å². The van der Waals surface area contributed by atoms with Crippen LogP contribution < -0.4 is 14.8 Å². The van der Waals surface area contributed by atoms with E-state index in [2.05, 4.69) is 15.2 Å². The molecule has 2 heterocycles. The van der Waals surface area contributed by atoms with Gasteiger partial charge in [0.25, 0.3) is 0 Å². The fourth-order valence-corrected chi connectivity index (χ4v) is 2.32. The molecule has 7 nitrogen and oxygen atoms in total. The summed E-state index contributed by atoms with van der Waals surface area (Å²) in [6.07, 6.45) is 1.06. The number of fused-ring (bicyclic) bond motifs is 2. The fraction of sp³-hybridized carbons (Fsp3) is 0.300. The van der Waals surface area contributed by atoms with Gasteiger partial charge in [-0.3, -0.25) is 4.72 Å². The van der Waals surface area contributed by atoms with Crippen molar-refractivity contribution in [3.8, 4) is 5.75 Å². The van der Waals surface area contributed by atoms with E-state index in [1.54, 1.807) is 12.1 Å². The second kappa shape index (κ2) is 3.77. The maximum Gasteiger partial charge on any atom is 0.231 e. The largest absolute Gasteiger partial charge is 0.490 e. The molecule has 1 aliphatic rings. The van der Waals surface area contributed by atoms with Gasteiger partial charge in [-0.2, -0.15) is 0 Å². The average Bonchev–Trinajstić information content (AvgIpc) is 2.67. The maximum absolute atomic E-state index is 11.2. The summed E-state index contributed by atoms with van der Waals surface area (Å²) in [5, 5.41) is 7.44. The zero-order valence-electron chi connectivity index (χ0n) is 9.56. The van der Waals surface area contributed by atoms with Crippen LogP contribution in [0.5, 0.6) is 5.75 Å². The molecule has 2 aromatic rings. The molecule has 0 saturated heterocycles. The molecular formula is C10H11N3O4S. The van der Waals surface area contributed by atoms with Crippen LogP contribution in [0.25, 0.3) is 11.0 Å². The van der Waals surface area contributed by atoms with E-state index in [0.717, 1.165) is 18.5 Å². The Hall–Kier alpha value is -1.96. The quantitative estimate of drug-likeness (QED) is 0.845. The number of nitrogens with one attached hydrogen (secondary N) is 2. The van der Waals surface area contributed by atoms with Crippen molar-refractivity contribution in [2.45, 2.75) is 0 Å². The van der Waals surface area contributed by atoms with E-state index in [9.17, 15) is 8.42 Å². The normalized spacial score (nSPS) is 14.7. The molecular weight excluding hydrogens is 258 g/mol. The number of hydrogen-bond acceptors (Lipinski definition) is 6. The number of rotatable bonds is 2. The van der Waals surface area contributed by atoms with Gasteiger partial charge in [-0.1, -0.05) is 5.16 Å². The molecule has 2 N–H and O–H groups in total. The summed E-state index contributed by atoms with van der Waals surface area (Å²) in [7, 11) is -3.39. The number of anilines is 2. The van der Waals surface area contributed by atoms with Crippen molar-refractivity contribution in [3.05, 3.63) is 12.1 Å². The standard InChI is InChI=1S/C10H11N3O4S/c1-18(14,15)13-10-6-4-9-7(11-2-3-16-9)5-8(6)17-12-10/h4-5,11H,2-3H2,1H3,(H,12,13). The first-order chi connectivity index (χ1) is 8.53. The van der Waals surface area contributed by atoms with Crippen LogP contribution in [0.4, 0.5) is 11.5 Å². The molecule has 1 aromatic heterocycles. The van der Waals surface area contributed by atoms with Crippen molar-refractivity contribution < 1.29 is 17.7 Å². The van der Waals surface area contributed by atoms with E-state index in [-0.39, 0.29) is 5.82 Å². The fourth-order valence-electron chi connectivity index (χ4n) is 1.82. The molecule has 0 atom stereocenters. The molecule has 0 aliphatic carbocycles. The summed E-state index contributed by atoms with van der Waals surface area (Å²) >= 11 is 0. The third-order valence-corrected chi connectivity index (χ3v) is 3.09. The maximum atomic E-state index is 11.2. The van der Waals surface area contributed by atoms with Crippen molar-refractivity contribution in [2.75, 3.05) is 29.4 Å². The number of aromatic nitrogens is 1. The summed E-state index contributed by atoms with van der Waals surface area (Å²) in [5.74, 6) is 0.831. The highest BCUT2D eigenvalue weighted by atomic mass is 32.2. The molecule has 0 fully saturated rings. The molecule has 0 bridgehead atoms. The lowest BCUT2D eigenvalue weighted by Crippen LogP contribution is -2.17. The van der Waals surface area contributed by atoms with E-state index in [0.29, 0.717) is 23.3 Å². The van der Waals surface area contributed by atoms with Gasteiger partial charge in [0, 0.05) is 12.6 Å². The third-order valence-electron chi connectivity index (χ3n) is 2.53. The van der Waals surface area contributed by atoms with Gasteiger partial charge in [0.2, 0.25) is 10.0 Å². The van der Waals surface area contributed by atoms with Crippen LogP contribution in [0, 0.1) is 0 Å². The molecule has 1 aromatic carbocycles. The molecule has 0 amide bonds. The molecule has 0 unspecified atom stereocenters. The van der Waals surface area contributed by atoms with Crippen molar-refractivity contribution in [1.82, 2.24) is 5.16 Å². The first-order valence-corrected chi connectivity index (χ1v) is 7.20. The highest BCUT2D eigenvalue weighted by Crippen LogP contribution is 2.35. The van der Waals surface area contributed by atoms with Crippen molar-refractivity contribution >= 4 is 32.5 Å².